The van der Waals surface area contributed by atoms with Crippen molar-refractivity contribution in [3.8, 4) is 5.75 Å². The number of hydrogen-bond donors (Lipinski definition) is 1. The molecule has 0 radical (unpaired) electrons. The Hall–Kier alpha value is -1.23. The summed E-state index contributed by atoms with van der Waals surface area (Å²) in [5.74, 6) is -0.125. The van der Waals surface area contributed by atoms with Crippen molar-refractivity contribution >= 4 is 0 Å². The summed E-state index contributed by atoms with van der Waals surface area (Å²) in [5, 5.41) is 3.21. The quantitative estimate of drug-likeness (QED) is 0.834. The van der Waals surface area contributed by atoms with Crippen LogP contribution in [0.2, 0.25) is 0 Å². The number of rotatable bonds is 6. The zero-order valence-corrected chi connectivity index (χ0v) is 10.6. The lowest BCUT2D eigenvalue weighted by molar-refractivity contribution is -0.275. The molecule has 1 rings (SSSR count). The highest BCUT2D eigenvalue weighted by Gasteiger charge is 2.32. The predicted octanol–water partition coefficient (Wildman–Crippen LogP) is 4.04. The first-order chi connectivity index (χ1) is 8.48. The molecule has 0 saturated heterocycles. The molecule has 5 heteroatoms. The van der Waals surface area contributed by atoms with Gasteiger partial charge in [-0.15, -0.1) is 13.2 Å². The van der Waals surface area contributed by atoms with E-state index >= 15 is 0 Å². The smallest absolute Gasteiger partial charge is 0.405 e. The minimum absolute atomic E-state index is 0.122. The van der Waals surface area contributed by atoms with E-state index in [2.05, 4.69) is 10.1 Å². The Balaban J connectivity index is 2.91. The van der Waals surface area contributed by atoms with Crippen LogP contribution in [-0.2, 0) is 0 Å². The molecule has 0 aliphatic rings. The molecule has 0 amide bonds. The topological polar surface area (TPSA) is 21.3 Å². The Bertz CT molecular complexity index is 365. The van der Waals surface area contributed by atoms with Gasteiger partial charge < -0.3 is 10.1 Å². The van der Waals surface area contributed by atoms with E-state index < -0.39 is 6.36 Å². The number of nitrogens with one attached hydrogen (secondary N) is 1. The third-order valence-corrected chi connectivity index (χ3v) is 2.57. The SMILES string of the molecule is CCCNC(CC)c1ccccc1OC(F)(F)F. The van der Waals surface area contributed by atoms with Crippen molar-refractivity contribution in [3.05, 3.63) is 29.8 Å². The molecule has 0 spiro atoms. The molecule has 2 nitrogen and oxygen atoms in total. The molecule has 18 heavy (non-hydrogen) atoms. The summed E-state index contributed by atoms with van der Waals surface area (Å²) in [4.78, 5) is 0. The van der Waals surface area contributed by atoms with Crippen LogP contribution in [-0.4, -0.2) is 12.9 Å². The van der Waals surface area contributed by atoms with Gasteiger partial charge in [-0.25, -0.2) is 0 Å². The monoisotopic (exact) mass is 261 g/mol. The summed E-state index contributed by atoms with van der Waals surface area (Å²) in [5.41, 5.74) is 0.547. The van der Waals surface area contributed by atoms with E-state index in [1.54, 1.807) is 12.1 Å². The van der Waals surface area contributed by atoms with Crippen LogP contribution in [0.5, 0.6) is 5.75 Å². The highest BCUT2D eigenvalue weighted by atomic mass is 19.4. The molecule has 0 aromatic heterocycles. The van der Waals surface area contributed by atoms with Crippen LogP contribution in [0.3, 0.4) is 0 Å². The standard InChI is InChI=1S/C13H18F3NO/c1-3-9-17-11(4-2)10-7-5-6-8-12(10)18-13(14,15)16/h5-8,11,17H,3-4,9H2,1-2H3. The molecule has 0 aliphatic heterocycles. The third-order valence-electron chi connectivity index (χ3n) is 2.57. The van der Waals surface area contributed by atoms with Crippen molar-refractivity contribution < 1.29 is 17.9 Å². The van der Waals surface area contributed by atoms with E-state index in [0.29, 0.717) is 12.0 Å². The summed E-state index contributed by atoms with van der Waals surface area (Å²) in [6, 6.07) is 6.15. The number of halogens is 3. The molecule has 0 heterocycles. The largest absolute Gasteiger partial charge is 0.573 e. The van der Waals surface area contributed by atoms with Gasteiger partial charge in [0.25, 0.3) is 0 Å². The number of hydrogen-bond acceptors (Lipinski definition) is 2. The van der Waals surface area contributed by atoms with Gasteiger partial charge in [0.15, 0.2) is 0 Å². The summed E-state index contributed by atoms with van der Waals surface area (Å²) in [7, 11) is 0. The third kappa shape index (κ3) is 4.56. The number of ether oxygens (including phenoxy) is 1. The van der Waals surface area contributed by atoms with Crippen molar-refractivity contribution in [2.75, 3.05) is 6.54 Å². The highest BCUT2D eigenvalue weighted by molar-refractivity contribution is 5.36. The first kappa shape index (κ1) is 14.8. The fourth-order valence-corrected chi connectivity index (χ4v) is 1.78. The van der Waals surface area contributed by atoms with Crippen LogP contribution >= 0.6 is 0 Å². The maximum Gasteiger partial charge on any atom is 0.573 e. The Morgan fingerprint density at radius 2 is 1.89 bits per heavy atom. The molecule has 1 unspecified atom stereocenters. The Labute approximate surface area is 105 Å². The molecule has 1 aromatic carbocycles. The van der Waals surface area contributed by atoms with Crippen LogP contribution in [0.1, 0.15) is 38.3 Å². The predicted molar refractivity (Wildman–Crippen MR) is 64.5 cm³/mol. The van der Waals surface area contributed by atoms with E-state index in [1.165, 1.54) is 12.1 Å². The fraction of sp³-hybridized carbons (Fsp3) is 0.538. The van der Waals surface area contributed by atoms with Gasteiger partial charge in [-0.3, -0.25) is 0 Å². The first-order valence-corrected chi connectivity index (χ1v) is 6.06. The highest BCUT2D eigenvalue weighted by Crippen LogP contribution is 2.31. The summed E-state index contributed by atoms with van der Waals surface area (Å²) < 4.78 is 40.9. The lowest BCUT2D eigenvalue weighted by atomic mass is 10.0. The Morgan fingerprint density at radius 1 is 1.22 bits per heavy atom. The first-order valence-electron chi connectivity index (χ1n) is 6.06. The Kier molecular flexibility index (Phi) is 5.47. The number of para-hydroxylation sites is 1. The minimum Gasteiger partial charge on any atom is -0.405 e. The normalized spacial score (nSPS) is 13.4. The zero-order chi connectivity index (χ0) is 13.6. The zero-order valence-electron chi connectivity index (χ0n) is 10.6. The number of alkyl halides is 3. The fourth-order valence-electron chi connectivity index (χ4n) is 1.78. The average molecular weight is 261 g/mol. The van der Waals surface area contributed by atoms with Gasteiger partial charge in [0.05, 0.1) is 0 Å². The number of benzene rings is 1. The second kappa shape index (κ2) is 6.64. The van der Waals surface area contributed by atoms with Gasteiger partial charge in [-0.05, 0) is 25.5 Å². The summed E-state index contributed by atoms with van der Waals surface area (Å²) in [6.45, 7) is 4.70. The van der Waals surface area contributed by atoms with Crippen molar-refractivity contribution in [3.63, 3.8) is 0 Å². The molecule has 1 N–H and O–H groups in total. The van der Waals surface area contributed by atoms with E-state index in [-0.39, 0.29) is 11.8 Å². The second-order valence-electron chi connectivity index (χ2n) is 4.00. The van der Waals surface area contributed by atoms with Crippen LogP contribution in [0.15, 0.2) is 24.3 Å². The maximum atomic E-state index is 12.3. The van der Waals surface area contributed by atoms with Crippen molar-refractivity contribution in [2.45, 2.75) is 39.1 Å². The summed E-state index contributed by atoms with van der Waals surface area (Å²) in [6.07, 6.45) is -3.02. The van der Waals surface area contributed by atoms with Crippen molar-refractivity contribution in [1.29, 1.82) is 0 Å². The lowest BCUT2D eigenvalue weighted by Crippen LogP contribution is -2.24. The molecule has 1 atom stereocenters. The Morgan fingerprint density at radius 3 is 2.44 bits per heavy atom. The molecular weight excluding hydrogens is 243 g/mol. The molecule has 0 fully saturated rings. The van der Waals surface area contributed by atoms with Crippen LogP contribution in [0.4, 0.5) is 13.2 Å². The van der Waals surface area contributed by atoms with Gasteiger partial charge in [0.1, 0.15) is 5.75 Å². The molecule has 0 bridgehead atoms. The maximum absolute atomic E-state index is 12.3. The van der Waals surface area contributed by atoms with Crippen LogP contribution in [0, 0.1) is 0 Å². The van der Waals surface area contributed by atoms with Crippen molar-refractivity contribution in [2.24, 2.45) is 0 Å². The van der Waals surface area contributed by atoms with Crippen LogP contribution < -0.4 is 10.1 Å². The molecule has 102 valence electrons. The van der Waals surface area contributed by atoms with E-state index in [9.17, 15) is 13.2 Å². The van der Waals surface area contributed by atoms with E-state index in [4.69, 9.17) is 0 Å². The van der Waals surface area contributed by atoms with E-state index in [0.717, 1.165) is 13.0 Å². The molecule has 0 aliphatic carbocycles. The average Bonchev–Trinajstić information content (AvgIpc) is 2.30. The minimum atomic E-state index is -4.65. The van der Waals surface area contributed by atoms with Gasteiger partial charge in [-0.1, -0.05) is 32.0 Å². The van der Waals surface area contributed by atoms with Gasteiger partial charge in [0.2, 0.25) is 0 Å². The van der Waals surface area contributed by atoms with Crippen LogP contribution in [0.25, 0.3) is 0 Å². The lowest BCUT2D eigenvalue weighted by Gasteiger charge is -2.21. The molecular formula is C13H18F3NO. The van der Waals surface area contributed by atoms with E-state index in [1.807, 2.05) is 13.8 Å². The second-order valence-corrected chi connectivity index (χ2v) is 4.00. The van der Waals surface area contributed by atoms with Gasteiger partial charge >= 0.3 is 6.36 Å². The molecule has 0 saturated carbocycles. The summed E-state index contributed by atoms with van der Waals surface area (Å²) >= 11 is 0. The van der Waals surface area contributed by atoms with Gasteiger partial charge in [-0.2, -0.15) is 0 Å². The molecule has 1 aromatic rings. The van der Waals surface area contributed by atoms with Crippen molar-refractivity contribution in [1.82, 2.24) is 5.32 Å². The van der Waals surface area contributed by atoms with Gasteiger partial charge in [0, 0.05) is 11.6 Å².